The van der Waals surface area contributed by atoms with Crippen molar-refractivity contribution in [2.45, 2.75) is 127 Å². The average molecular weight is 531 g/mol. The Morgan fingerprint density at radius 2 is 1.45 bits per heavy atom. The first kappa shape index (κ1) is 32.1. The number of aromatic amines is 1. The second kappa shape index (κ2) is 12.0. The number of carbonyl (C=O) groups excluding carboxylic acids is 3. The lowest BCUT2D eigenvalue weighted by Crippen LogP contribution is -2.49. The Balaban J connectivity index is 2.63. The zero-order chi connectivity index (χ0) is 29.2. The Kier molecular flexibility index (Phi) is 10.1. The summed E-state index contributed by atoms with van der Waals surface area (Å²) in [6.45, 7) is 25.6. The molecule has 2 N–H and O–H groups in total. The molecule has 1 aromatic rings. The number of nitrogens with one attached hydrogen (secondary N) is 2. The van der Waals surface area contributed by atoms with E-state index >= 15 is 0 Å². The van der Waals surface area contributed by atoms with Crippen LogP contribution in [-0.2, 0) is 9.53 Å². The SMILES string of the molecule is CCC(CC)(CC)C(=O)Nc1[nH]c(C=O)c(C(C)C)c1C(=O)OC1C(C(C)(C)C)CC(C)CC1C(C)(C)C. The van der Waals surface area contributed by atoms with Crippen molar-refractivity contribution in [2.75, 3.05) is 5.32 Å². The summed E-state index contributed by atoms with van der Waals surface area (Å²) in [6.07, 6.45) is 4.51. The van der Waals surface area contributed by atoms with Crippen molar-refractivity contribution in [3.63, 3.8) is 0 Å². The summed E-state index contributed by atoms with van der Waals surface area (Å²) >= 11 is 0. The van der Waals surface area contributed by atoms with E-state index in [0.29, 0.717) is 36.4 Å². The normalized spacial score (nSPS) is 22.9. The van der Waals surface area contributed by atoms with Gasteiger partial charge in [-0.25, -0.2) is 4.79 Å². The molecule has 2 rings (SSSR count). The van der Waals surface area contributed by atoms with Gasteiger partial charge in [0.05, 0.1) is 5.69 Å². The highest BCUT2D eigenvalue weighted by molar-refractivity contribution is 6.05. The van der Waals surface area contributed by atoms with E-state index in [2.05, 4.69) is 58.8 Å². The number of aldehydes is 1. The molecular formula is C32H54N2O4. The van der Waals surface area contributed by atoms with E-state index in [-0.39, 0.29) is 52.0 Å². The molecule has 1 amide bonds. The standard InChI is InChI=1S/C32H54N2O4/c1-13-32(14-2,15-3)29(37)34-27-25(24(19(4)5)23(18-35)33-27)28(36)38-26-21(30(7,8)9)16-20(6)17-22(26)31(10,11)12/h18-22,26,33H,13-17H2,1-12H3,(H,34,37). The topological polar surface area (TPSA) is 88.3 Å². The smallest absolute Gasteiger partial charge is 0.342 e. The van der Waals surface area contributed by atoms with Gasteiger partial charge in [0, 0.05) is 17.3 Å². The van der Waals surface area contributed by atoms with E-state index in [9.17, 15) is 14.4 Å². The van der Waals surface area contributed by atoms with Crippen molar-refractivity contribution in [1.29, 1.82) is 0 Å². The monoisotopic (exact) mass is 530 g/mol. The molecule has 0 radical (unpaired) electrons. The molecule has 2 unspecified atom stereocenters. The van der Waals surface area contributed by atoms with Crippen molar-refractivity contribution < 1.29 is 19.1 Å². The zero-order valence-corrected chi connectivity index (χ0v) is 26.1. The first-order chi connectivity index (χ1) is 17.5. The third-order valence-electron chi connectivity index (χ3n) is 9.29. The van der Waals surface area contributed by atoms with E-state index in [1.54, 1.807) is 0 Å². The quantitative estimate of drug-likeness (QED) is 0.248. The van der Waals surface area contributed by atoms with Gasteiger partial charge in [-0.2, -0.15) is 0 Å². The van der Waals surface area contributed by atoms with Crippen LogP contribution in [0.2, 0.25) is 0 Å². The lowest BCUT2D eigenvalue weighted by atomic mass is 9.59. The molecule has 1 fully saturated rings. The van der Waals surface area contributed by atoms with E-state index in [1.165, 1.54) is 0 Å². The third-order valence-corrected chi connectivity index (χ3v) is 9.29. The minimum Gasteiger partial charge on any atom is -0.458 e. The highest BCUT2D eigenvalue weighted by Crippen LogP contribution is 2.50. The summed E-state index contributed by atoms with van der Waals surface area (Å²) in [5.41, 5.74) is 0.562. The maximum absolute atomic E-state index is 14.1. The van der Waals surface area contributed by atoms with Gasteiger partial charge in [0.15, 0.2) is 6.29 Å². The molecule has 38 heavy (non-hydrogen) atoms. The van der Waals surface area contributed by atoms with Crippen LogP contribution < -0.4 is 5.32 Å². The third kappa shape index (κ3) is 6.54. The van der Waals surface area contributed by atoms with Crippen molar-refractivity contribution in [3.8, 4) is 0 Å². The Morgan fingerprint density at radius 3 is 1.82 bits per heavy atom. The molecule has 0 bridgehead atoms. The second-order valence-electron chi connectivity index (χ2n) is 14.2. The highest BCUT2D eigenvalue weighted by atomic mass is 16.5. The van der Waals surface area contributed by atoms with Gasteiger partial charge in [-0.05, 0) is 60.3 Å². The van der Waals surface area contributed by atoms with E-state index in [0.717, 1.165) is 19.1 Å². The number of carbonyl (C=O) groups is 3. The number of hydrogen-bond acceptors (Lipinski definition) is 4. The number of esters is 1. The zero-order valence-electron chi connectivity index (χ0n) is 26.1. The van der Waals surface area contributed by atoms with Crippen LogP contribution in [0.15, 0.2) is 0 Å². The van der Waals surface area contributed by atoms with Crippen LogP contribution in [0.1, 0.15) is 148 Å². The van der Waals surface area contributed by atoms with E-state index < -0.39 is 11.4 Å². The fraction of sp³-hybridized carbons (Fsp3) is 0.781. The van der Waals surface area contributed by atoms with Crippen LogP contribution in [0, 0.1) is 34.0 Å². The maximum atomic E-state index is 14.1. The van der Waals surface area contributed by atoms with E-state index in [1.807, 2.05) is 34.6 Å². The van der Waals surface area contributed by atoms with Crippen LogP contribution in [0.25, 0.3) is 0 Å². The van der Waals surface area contributed by atoms with Crippen molar-refractivity contribution in [1.82, 2.24) is 4.98 Å². The lowest BCUT2D eigenvalue weighted by molar-refractivity contribution is -0.126. The van der Waals surface area contributed by atoms with Crippen molar-refractivity contribution >= 4 is 24.0 Å². The highest BCUT2D eigenvalue weighted by Gasteiger charge is 2.48. The number of ether oxygens (including phenoxy) is 1. The number of hydrogen-bond donors (Lipinski definition) is 2. The molecule has 1 saturated carbocycles. The summed E-state index contributed by atoms with van der Waals surface area (Å²) in [7, 11) is 0. The Labute approximate surface area is 231 Å². The molecule has 216 valence electrons. The number of rotatable bonds is 9. The maximum Gasteiger partial charge on any atom is 0.342 e. The van der Waals surface area contributed by atoms with Crippen LogP contribution in [0.4, 0.5) is 5.82 Å². The van der Waals surface area contributed by atoms with Crippen LogP contribution >= 0.6 is 0 Å². The molecule has 0 aliphatic heterocycles. The lowest BCUT2D eigenvalue weighted by Gasteiger charge is -2.50. The van der Waals surface area contributed by atoms with Gasteiger partial charge < -0.3 is 15.0 Å². The summed E-state index contributed by atoms with van der Waals surface area (Å²) in [5.74, 6) is 0.477. The number of aromatic nitrogens is 1. The van der Waals surface area contributed by atoms with Gasteiger partial charge in [0.2, 0.25) is 5.91 Å². The minimum atomic E-state index is -0.542. The van der Waals surface area contributed by atoms with Gasteiger partial charge in [-0.3, -0.25) is 9.59 Å². The van der Waals surface area contributed by atoms with Crippen molar-refractivity contribution in [3.05, 3.63) is 16.8 Å². The summed E-state index contributed by atoms with van der Waals surface area (Å²) < 4.78 is 6.51. The molecule has 1 aromatic heterocycles. The molecule has 2 atom stereocenters. The van der Waals surface area contributed by atoms with Gasteiger partial charge >= 0.3 is 5.97 Å². The van der Waals surface area contributed by atoms with E-state index in [4.69, 9.17) is 4.74 Å². The van der Waals surface area contributed by atoms with Crippen LogP contribution in [0.3, 0.4) is 0 Å². The molecule has 1 aliphatic carbocycles. The summed E-state index contributed by atoms with van der Waals surface area (Å²) in [4.78, 5) is 42.8. The molecule has 1 aliphatic rings. The fourth-order valence-electron chi connectivity index (χ4n) is 6.56. The molecule has 0 aromatic carbocycles. The first-order valence-electron chi connectivity index (χ1n) is 14.7. The number of anilines is 1. The predicted molar refractivity (Wildman–Crippen MR) is 156 cm³/mol. The first-order valence-corrected chi connectivity index (χ1v) is 14.7. The largest absolute Gasteiger partial charge is 0.458 e. The number of amides is 1. The number of H-pyrrole nitrogens is 1. The van der Waals surface area contributed by atoms with Crippen LogP contribution in [0.5, 0.6) is 0 Å². The Bertz CT molecular complexity index is 956. The second-order valence-corrected chi connectivity index (χ2v) is 14.2. The van der Waals surface area contributed by atoms with Gasteiger partial charge in [-0.15, -0.1) is 0 Å². The Hall–Kier alpha value is -2.11. The average Bonchev–Trinajstić information content (AvgIpc) is 3.18. The Morgan fingerprint density at radius 1 is 0.974 bits per heavy atom. The fourth-order valence-corrected chi connectivity index (χ4v) is 6.56. The molecule has 0 spiro atoms. The molecule has 1 heterocycles. The molecule has 0 saturated heterocycles. The minimum absolute atomic E-state index is 0.0455. The molecular weight excluding hydrogens is 476 g/mol. The molecule has 6 heteroatoms. The van der Waals surface area contributed by atoms with Crippen molar-refractivity contribution in [2.24, 2.45) is 34.0 Å². The van der Waals surface area contributed by atoms with Gasteiger partial charge in [0.25, 0.3) is 0 Å². The molecule has 6 nitrogen and oxygen atoms in total. The van der Waals surface area contributed by atoms with Crippen LogP contribution in [-0.4, -0.2) is 29.3 Å². The summed E-state index contributed by atoms with van der Waals surface area (Å²) in [6, 6.07) is 0. The summed E-state index contributed by atoms with van der Waals surface area (Å²) in [5, 5.41) is 3.01. The van der Waals surface area contributed by atoms with Gasteiger partial charge in [-0.1, -0.05) is 83.1 Å². The van der Waals surface area contributed by atoms with Gasteiger partial charge in [0.1, 0.15) is 17.5 Å². The predicted octanol–water partition coefficient (Wildman–Crippen LogP) is 8.39.